The summed E-state index contributed by atoms with van der Waals surface area (Å²) in [7, 11) is 0. The van der Waals surface area contributed by atoms with Crippen LogP contribution in [0.25, 0.3) is 0 Å². The molecule has 2 N–H and O–H groups in total. The Balaban J connectivity index is 1.81. The largest absolute Gasteiger partial charge is 0.493 e. The zero-order valence-corrected chi connectivity index (χ0v) is 14.4. The van der Waals surface area contributed by atoms with Gasteiger partial charge in [0.05, 0.1) is 12.8 Å². The molecule has 0 bridgehead atoms. The van der Waals surface area contributed by atoms with E-state index in [2.05, 4.69) is 29.7 Å². The molecule has 0 saturated carbocycles. The van der Waals surface area contributed by atoms with Crippen LogP contribution in [-0.2, 0) is 0 Å². The average molecular weight is 346 g/mol. The molecule has 0 unspecified atom stereocenters. The molecule has 2 aromatic carbocycles. The summed E-state index contributed by atoms with van der Waals surface area (Å²) >= 11 is 5.85. The van der Waals surface area contributed by atoms with Crippen molar-refractivity contribution in [3.05, 3.63) is 59.1 Å². The van der Waals surface area contributed by atoms with Crippen molar-refractivity contribution in [1.82, 2.24) is 5.43 Å². The van der Waals surface area contributed by atoms with Gasteiger partial charge in [-0.25, -0.2) is 10.2 Å². The molecule has 24 heavy (non-hydrogen) atoms. The highest BCUT2D eigenvalue weighted by Gasteiger charge is 2.00. The Hall–Kier alpha value is -2.53. The minimum atomic E-state index is -0.439. The summed E-state index contributed by atoms with van der Waals surface area (Å²) in [5.41, 5.74) is 3.85. The van der Waals surface area contributed by atoms with Gasteiger partial charge in [-0.05, 0) is 53.9 Å². The molecule has 2 rings (SSSR count). The summed E-state index contributed by atoms with van der Waals surface area (Å²) in [6.07, 6.45) is 1.56. The predicted molar refractivity (Wildman–Crippen MR) is 98.0 cm³/mol. The summed E-state index contributed by atoms with van der Waals surface area (Å²) in [6.45, 7) is 4.88. The average Bonchev–Trinajstić information content (AvgIpc) is 2.54. The van der Waals surface area contributed by atoms with E-state index in [0.29, 0.717) is 23.2 Å². The van der Waals surface area contributed by atoms with E-state index in [1.54, 1.807) is 30.5 Å². The van der Waals surface area contributed by atoms with Crippen LogP contribution in [0.1, 0.15) is 19.4 Å². The molecule has 0 fully saturated rings. The molecule has 0 heterocycles. The van der Waals surface area contributed by atoms with Crippen molar-refractivity contribution in [2.24, 2.45) is 11.0 Å². The lowest BCUT2D eigenvalue weighted by atomic mass is 10.2. The van der Waals surface area contributed by atoms with Gasteiger partial charge < -0.3 is 10.1 Å². The molecule has 0 aromatic heterocycles. The second-order valence-corrected chi connectivity index (χ2v) is 6.04. The zero-order valence-electron chi connectivity index (χ0n) is 13.6. The van der Waals surface area contributed by atoms with Gasteiger partial charge in [-0.2, -0.15) is 5.10 Å². The van der Waals surface area contributed by atoms with Crippen molar-refractivity contribution < 1.29 is 9.53 Å². The van der Waals surface area contributed by atoms with Gasteiger partial charge >= 0.3 is 6.03 Å². The van der Waals surface area contributed by atoms with Gasteiger partial charge in [0, 0.05) is 10.7 Å². The standard InChI is InChI=1S/C18H20ClN3O2/c1-13(2)12-24-17-8-6-14(7-9-17)11-20-22-18(23)21-16-5-3-4-15(19)10-16/h3-11,13H,12H2,1-2H3,(H2,21,22,23)/b20-11-. The lowest BCUT2D eigenvalue weighted by molar-refractivity contribution is 0.252. The smallest absolute Gasteiger partial charge is 0.339 e. The normalized spacial score (nSPS) is 10.8. The number of urea groups is 1. The van der Waals surface area contributed by atoms with Crippen LogP contribution >= 0.6 is 11.6 Å². The number of anilines is 1. The summed E-state index contributed by atoms with van der Waals surface area (Å²) in [5.74, 6) is 1.29. The van der Waals surface area contributed by atoms with Crippen molar-refractivity contribution in [1.29, 1.82) is 0 Å². The second-order valence-electron chi connectivity index (χ2n) is 5.61. The van der Waals surface area contributed by atoms with E-state index < -0.39 is 6.03 Å². The molecule has 0 radical (unpaired) electrons. The minimum absolute atomic E-state index is 0.439. The van der Waals surface area contributed by atoms with Gasteiger partial charge in [0.1, 0.15) is 5.75 Å². The predicted octanol–water partition coefficient (Wildman–Crippen LogP) is 4.53. The number of nitrogens with zero attached hydrogens (tertiary/aromatic N) is 1. The lowest BCUT2D eigenvalue weighted by Gasteiger charge is -2.08. The number of ether oxygens (including phenoxy) is 1. The maximum absolute atomic E-state index is 11.7. The number of carbonyl (C=O) groups excluding carboxylic acids is 1. The number of hydrogen-bond acceptors (Lipinski definition) is 3. The monoisotopic (exact) mass is 345 g/mol. The van der Waals surface area contributed by atoms with Gasteiger partial charge in [-0.1, -0.05) is 31.5 Å². The van der Waals surface area contributed by atoms with Crippen molar-refractivity contribution >= 4 is 29.5 Å². The molecule has 0 aliphatic heterocycles. The quantitative estimate of drug-likeness (QED) is 0.596. The van der Waals surface area contributed by atoms with Gasteiger partial charge in [0.25, 0.3) is 0 Å². The van der Waals surface area contributed by atoms with Crippen molar-refractivity contribution in [2.45, 2.75) is 13.8 Å². The molecule has 0 aliphatic carbocycles. The first-order valence-electron chi connectivity index (χ1n) is 7.61. The number of hydrazone groups is 1. The third kappa shape index (κ3) is 6.30. The summed E-state index contributed by atoms with van der Waals surface area (Å²) in [4.78, 5) is 11.7. The molecule has 0 atom stereocenters. The van der Waals surface area contributed by atoms with Crippen LogP contribution in [-0.4, -0.2) is 18.9 Å². The number of halogens is 1. The van der Waals surface area contributed by atoms with E-state index in [1.165, 1.54) is 0 Å². The highest BCUT2D eigenvalue weighted by atomic mass is 35.5. The fourth-order valence-corrected chi connectivity index (χ4v) is 1.99. The van der Waals surface area contributed by atoms with E-state index in [0.717, 1.165) is 11.3 Å². The van der Waals surface area contributed by atoms with Crippen LogP contribution in [0, 0.1) is 5.92 Å². The van der Waals surface area contributed by atoms with E-state index in [4.69, 9.17) is 16.3 Å². The fraction of sp³-hybridized carbons (Fsp3) is 0.222. The van der Waals surface area contributed by atoms with Gasteiger partial charge in [0.15, 0.2) is 0 Å². The maximum Gasteiger partial charge on any atom is 0.339 e. The first kappa shape index (κ1) is 17.8. The van der Waals surface area contributed by atoms with Crippen LogP contribution < -0.4 is 15.5 Å². The summed E-state index contributed by atoms with van der Waals surface area (Å²) in [6, 6.07) is 13.9. The second kappa shape index (κ2) is 8.93. The molecular formula is C18H20ClN3O2. The molecule has 2 aromatic rings. The molecule has 0 saturated heterocycles. The van der Waals surface area contributed by atoms with Crippen LogP contribution in [0.3, 0.4) is 0 Å². The number of carbonyl (C=O) groups is 1. The van der Waals surface area contributed by atoms with Gasteiger partial charge in [-0.15, -0.1) is 0 Å². The van der Waals surface area contributed by atoms with Crippen LogP contribution in [0.2, 0.25) is 5.02 Å². The third-order valence-electron chi connectivity index (χ3n) is 2.93. The van der Waals surface area contributed by atoms with Crippen molar-refractivity contribution in [3.63, 3.8) is 0 Å². The number of rotatable bonds is 6. The Morgan fingerprint density at radius 3 is 2.67 bits per heavy atom. The van der Waals surface area contributed by atoms with E-state index in [1.807, 2.05) is 24.3 Å². The number of nitrogens with one attached hydrogen (secondary N) is 2. The number of hydrogen-bond donors (Lipinski definition) is 2. The Labute approximate surface area is 146 Å². The molecule has 0 aliphatic rings. The fourth-order valence-electron chi connectivity index (χ4n) is 1.80. The van der Waals surface area contributed by atoms with Crippen LogP contribution in [0.5, 0.6) is 5.75 Å². The molecular weight excluding hydrogens is 326 g/mol. The van der Waals surface area contributed by atoms with Gasteiger partial charge in [-0.3, -0.25) is 0 Å². The Kier molecular flexibility index (Phi) is 6.63. The van der Waals surface area contributed by atoms with Crippen molar-refractivity contribution in [2.75, 3.05) is 11.9 Å². The Morgan fingerprint density at radius 1 is 1.25 bits per heavy atom. The lowest BCUT2D eigenvalue weighted by Crippen LogP contribution is -2.24. The summed E-state index contributed by atoms with van der Waals surface area (Å²) in [5, 5.41) is 7.09. The first-order valence-corrected chi connectivity index (χ1v) is 7.99. The van der Waals surface area contributed by atoms with Crippen LogP contribution in [0.15, 0.2) is 53.6 Å². The molecule has 5 nitrogen and oxygen atoms in total. The van der Waals surface area contributed by atoms with E-state index >= 15 is 0 Å². The van der Waals surface area contributed by atoms with Crippen LogP contribution in [0.4, 0.5) is 10.5 Å². The Bertz CT molecular complexity index is 700. The highest BCUT2D eigenvalue weighted by Crippen LogP contribution is 2.14. The SMILES string of the molecule is CC(C)COc1ccc(/C=N\NC(=O)Nc2cccc(Cl)c2)cc1. The van der Waals surface area contributed by atoms with Crippen molar-refractivity contribution in [3.8, 4) is 5.75 Å². The molecule has 0 spiro atoms. The number of benzene rings is 2. The molecule has 126 valence electrons. The summed E-state index contributed by atoms with van der Waals surface area (Å²) < 4.78 is 5.61. The van der Waals surface area contributed by atoms with E-state index in [-0.39, 0.29) is 0 Å². The maximum atomic E-state index is 11.7. The highest BCUT2D eigenvalue weighted by molar-refractivity contribution is 6.30. The van der Waals surface area contributed by atoms with E-state index in [9.17, 15) is 4.79 Å². The van der Waals surface area contributed by atoms with Gasteiger partial charge in [0.2, 0.25) is 0 Å². The minimum Gasteiger partial charge on any atom is -0.493 e. The topological polar surface area (TPSA) is 62.7 Å². The first-order chi connectivity index (χ1) is 11.5. The molecule has 6 heteroatoms. The zero-order chi connectivity index (χ0) is 17.4. The molecule has 2 amide bonds. The Morgan fingerprint density at radius 2 is 2.00 bits per heavy atom. The third-order valence-corrected chi connectivity index (χ3v) is 3.16. The number of amides is 2.